The summed E-state index contributed by atoms with van der Waals surface area (Å²) in [7, 11) is 1.83. The fraction of sp³-hybridized carbons (Fsp3) is 0.429. The molecule has 2 N–H and O–H groups in total. The van der Waals surface area contributed by atoms with Crippen LogP contribution < -0.4 is 5.32 Å². The van der Waals surface area contributed by atoms with Crippen LogP contribution in [0.3, 0.4) is 0 Å². The molecule has 1 saturated carbocycles. The van der Waals surface area contributed by atoms with E-state index in [0.29, 0.717) is 0 Å². The first kappa shape index (κ1) is 13.0. The number of nitrogens with one attached hydrogen (secondary N) is 1. The van der Waals surface area contributed by atoms with Crippen LogP contribution in [0.1, 0.15) is 31.2 Å². The fourth-order valence-electron chi connectivity index (χ4n) is 2.80. The Morgan fingerprint density at radius 3 is 2.67 bits per heavy atom. The molecule has 0 aliphatic heterocycles. The molecule has 0 radical (unpaired) electrons. The maximum absolute atomic E-state index is 9.33. The lowest BCUT2D eigenvalue weighted by Gasteiger charge is -2.38. The second kappa shape index (κ2) is 5.48. The van der Waals surface area contributed by atoms with Crippen molar-refractivity contribution >= 4 is 22.9 Å². The van der Waals surface area contributed by atoms with E-state index in [1.807, 2.05) is 25.2 Å². The summed E-state index contributed by atoms with van der Waals surface area (Å²) in [6, 6.07) is 10.1. The van der Waals surface area contributed by atoms with Gasteiger partial charge in [-0.25, -0.2) is 0 Å². The third kappa shape index (κ3) is 2.01. The number of hydrogen-bond acceptors (Lipinski definition) is 3. The molecule has 1 aliphatic carbocycles. The number of rotatable bonds is 2. The monoisotopic (exact) mass is 262 g/mol. The summed E-state index contributed by atoms with van der Waals surface area (Å²) in [5.74, 6) is 0. The van der Waals surface area contributed by atoms with Crippen LogP contribution in [0.4, 0.5) is 0 Å². The Kier molecular flexibility index (Phi) is 3.97. The Hall–Kier alpha value is -1.42. The highest BCUT2D eigenvalue weighted by Crippen LogP contribution is 2.38. The van der Waals surface area contributed by atoms with E-state index in [4.69, 9.17) is 12.2 Å². The molecule has 2 rings (SSSR count). The lowest BCUT2D eigenvalue weighted by Crippen LogP contribution is -2.49. The summed E-state index contributed by atoms with van der Waals surface area (Å²) >= 11 is 5.51. The van der Waals surface area contributed by atoms with E-state index in [1.165, 1.54) is 0 Å². The van der Waals surface area contributed by atoms with Crippen LogP contribution in [0, 0.1) is 0 Å². The van der Waals surface area contributed by atoms with Crippen molar-refractivity contribution in [2.24, 2.45) is 5.16 Å². The van der Waals surface area contributed by atoms with Gasteiger partial charge in [0.1, 0.15) is 0 Å². The number of likely N-dealkylation sites (N-methyl/N-ethyl adjacent to an activating group) is 1. The zero-order chi connectivity index (χ0) is 13.0. The summed E-state index contributed by atoms with van der Waals surface area (Å²) in [5.41, 5.74) is 1.45. The number of thiocarbonyl (C=S) groups is 1. The van der Waals surface area contributed by atoms with Gasteiger partial charge in [-0.1, -0.05) is 54.1 Å². The van der Waals surface area contributed by atoms with Gasteiger partial charge in [0.05, 0.1) is 16.1 Å². The molecule has 1 aliphatic rings. The summed E-state index contributed by atoms with van der Waals surface area (Å²) in [5, 5.41) is 15.9. The average molecular weight is 262 g/mol. The average Bonchev–Trinajstić information content (AvgIpc) is 2.47. The van der Waals surface area contributed by atoms with Gasteiger partial charge in [0, 0.05) is 7.05 Å². The number of hydrogen-bond donors (Lipinski definition) is 2. The Balaban J connectivity index is 2.56. The zero-order valence-electron chi connectivity index (χ0n) is 10.5. The molecule has 1 fully saturated rings. The topological polar surface area (TPSA) is 44.6 Å². The van der Waals surface area contributed by atoms with Gasteiger partial charge in [0.2, 0.25) is 0 Å². The zero-order valence-corrected chi connectivity index (χ0v) is 11.3. The summed E-state index contributed by atoms with van der Waals surface area (Å²) in [6.07, 6.45) is 3.85. The lowest BCUT2D eigenvalue weighted by atomic mass is 9.67. The number of oxime groups is 1. The van der Waals surface area contributed by atoms with Gasteiger partial charge >= 0.3 is 0 Å². The number of benzene rings is 1. The SMILES string of the molecule is CNC(=S)C1(c2ccccc2)CCCCC1=NO. The molecule has 18 heavy (non-hydrogen) atoms. The highest BCUT2D eigenvalue weighted by atomic mass is 32.1. The van der Waals surface area contributed by atoms with Gasteiger partial charge in [-0.2, -0.15) is 0 Å². The van der Waals surface area contributed by atoms with Gasteiger partial charge in [-0.3, -0.25) is 0 Å². The Morgan fingerprint density at radius 2 is 2.06 bits per heavy atom. The highest BCUT2D eigenvalue weighted by molar-refractivity contribution is 7.80. The third-order valence-electron chi connectivity index (χ3n) is 3.71. The van der Waals surface area contributed by atoms with Crippen molar-refractivity contribution in [2.45, 2.75) is 31.1 Å². The number of nitrogens with zero attached hydrogens (tertiary/aromatic N) is 1. The van der Waals surface area contributed by atoms with E-state index in [2.05, 4.69) is 22.6 Å². The van der Waals surface area contributed by atoms with Gasteiger partial charge in [-0.05, 0) is 24.8 Å². The molecule has 0 heterocycles. The van der Waals surface area contributed by atoms with Crippen LogP contribution >= 0.6 is 12.2 Å². The molecule has 3 nitrogen and oxygen atoms in total. The quantitative estimate of drug-likeness (QED) is 0.489. The first-order valence-corrected chi connectivity index (χ1v) is 6.65. The summed E-state index contributed by atoms with van der Waals surface area (Å²) in [4.78, 5) is 0.737. The third-order valence-corrected chi connectivity index (χ3v) is 4.26. The predicted octanol–water partition coefficient (Wildman–Crippen LogP) is 2.88. The van der Waals surface area contributed by atoms with Gasteiger partial charge in [-0.15, -0.1) is 0 Å². The minimum absolute atomic E-state index is 0.432. The van der Waals surface area contributed by atoms with Crippen LogP contribution in [0.2, 0.25) is 0 Å². The van der Waals surface area contributed by atoms with Gasteiger partial charge in [0.25, 0.3) is 0 Å². The van der Waals surface area contributed by atoms with Crippen molar-refractivity contribution in [1.29, 1.82) is 0 Å². The Labute approximate surface area is 113 Å². The maximum atomic E-state index is 9.33. The van der Waals surface area contributed by atoms with Gasteiger partial charge in [0.15, 0.2) is 0 Å². The van der Waals surface area contributed by atoms with E-state index < -0.39 is 5.41 Å². The van der Waals surface area contributed by atoms with Crippen molar-refractivity contribution in [1.82, 2.24) is 5.32 Å². The Bertz CT molecular complexity index is 458. The van der Waals surface area contributed by atoms with Crippen molar-refractivity contribution in [3.8, 4) is 0 Å². The molecule has 1 aromatic rings. The predicted molar refractivity (Wildman–Crippen MR) is 77.5 cm³/mol. The van der Waals surface area contributed by atoms with E-state index in [1.54, 1.807) is 0 Å². The minimum Gasteiger partial charge on any atom is -0.411 e. The first-order chi connectivity index (χ1) is 8.75. The molecule has 1 atom stereocenters. The molecule has 96 valence electrons. The maximum Gasteiger partial charge on any atom is 0.0916 e. The molecule has 4 heteroatoms. The molecular formula is C14H18N2OS. The molecule has 0 aromatic heterocycles. The second-order valence-electron chi connectivity index (χ2n) is 4.60. The molecule has 0 spiro atoms. The lowest BCUT2D eigenvalue weighted by molar-refractivity contribution is 0.310. The molecule has 0 amide bonds. The molecular weight excluding hydrogens is 244 g/mol. The molecule has 1 aromatic carbocycles. The fourth-order valence-corrected chi connectivity index (χ4v) is 3.14. The van der Waals surface area contributed by atoms with Crippen molar-refractivity contribution < 1.29 is 5.21 Å². The van der Waals surface area contributed by atoms with Crippen LogP contribution in [-0.2, 0) is 5.41 Å². The molecule has 0 saturated heterocycles. The van der Waals surface area contributed by atoms with Gasteiger partial charge < -0.3 is 10.5 Å². The normalized spacial score (nSPS) is 25.9. The second-order valence-corrected chi connectivity index (χ2v) is 5.01. The van der Waals surface area contributed by atoms with Crippen LogP contribution in [0.25, 0.3) is 0 Å². The smallest absolute Gasteiger partial charge is 0.0916 e. The van der Waals surface area contributed by atoms with E-state index in [9.17, 15) is 5.21 Å². The summed E-state index contributed by atoms with van der Waals surface area (Å²) in [6.45, 7) is 0. The molecule has 0 bridgehead atoms. The standard InChI is InChI=1S/C14H18N2OS/c1-15-13(18)14(11-7-3-2-4-8-11)10-6-5-9-12(14)16-17/h2-4,7-8,17H,5-6,9-10H2,1H3,(H,15,18). The van der Waals surface area contributed by atoms with Crippen LogP contribution in [0.15, 0.2) is 35.5 Å². The Morgan fingerprint density at radius 1 is 1.33 bits per heavy atom. The van der Waals surface area contributed by atoms with Crippen LogP contribution in [-0.4, -0.2) is 23.0 Å². The largest absolute Gasteiger partial charge is 0.411 e. The molecule has 1 unspecified atom stereocenters. The highest BCUT2D eigenvalue weighted by Gasteiger charge is 2.43. The van der Waals surface area contributed by atoms with Crippen molar-refractivity contribution in [3.63, 3.8) is 0 Å². The van der Waals surface area contributed by atoms with Crippen LogP contribution in [0.5, 0.6) is 0 Å². The van der Waals surface area contributed by atoms with E-state index in [0.717, 1.165) is 41.9 Å². The van der Waals surface area contributed by atoms with Crippen molar-refractivity contribution in [2.75, 3.05) is 7.05 Å². The van der Waals surface area contributed by atoms with E-state index in [-0.39, 0.29) is 0 Å². The summed E-state index contributed by atoms with van der Waals surface area (Å²) < 4.78 is 0. The van der Waals surface area contributed by atoms with Crippen molar-refractivity contribution in [3.05, 3.63) is 35.9 Å². The first-order valence-electron chi connectivity index (χ1n) is 6.25. The van der Waals surface area contributed by atoms with E-state index >= 15 is 0 Å². The minimum atomic E-state index is -0.432.